The molecule has 1 heterocycles. The van der Waals surface area contributed by atoms with Gasteiger partial charge in [-0.2, -0.15) is 0 Å². The smallest absolute Gasteiger partial charge is 0.230 e. The molecule has 1 N–H and O–H groups in total. The van der Waals surface area contributed by atoms with E-state index in [1.54, 1.807) is 0 Å². The summed E-state index contributed by atoms with van der Waals surface area (Å²) in [7, 11) is 0. The highest BCUT2D eigenvalue weighted by Crippen LogP contribution is 2.42. The van der Waals surface area contributed by atoms with Crippen LogP contribution in [0.4, 0.5) is 0 Å². The number of carbonyl (C=O) groups is 1. The molecule has 132 valence electrons. The minimum absolute atomic E-state index is 0.260. The van der Waals surface area contributed by atoms with Gasteiger partial charge >= 0.3 is 0 Å². The summed E-state index contributed by atoms with van der Waals surface area (Å²) in [5, 5.41) is 3.40. The molecule has 1 aromatic carbocycles. The summed E-state index contributed by atoms with van der Waals surface area (Å²) in [6.07, 6.45) is 7.65. The summed E-state index contributed by atoms with van der Waals surface area (Å²) in [4.78, 5) is 15.7. The SMILES string of the molecule is CCCN1CCC(NC(=O)C2(c3ccc(Br)cc3)CCCC2)CC1. The Kier molecular flexibility index (Phi) is 5.98. The zero-order valence-corrected chi connectivity index (χ0v) is 16.3. The Balaban J connectivity index is 1.66. The van der Waals surface area contributed by atoms with Crippen LogP contribution in [0.2, 0.25) is 0 Å². The maximum Gasteiger partial charge on any atom is 0.230 e. The molecule has 1 aromatic rings. The zero-order chi connectivity index (χ0) is 17.0. The molecule has 24 heavy (non-hydrogen) atoms. The molecule has 3 rings (SSSR count). The van der Waals surface area contributed by atoms with Crippen LogP contribution >= 0.6 is 15.9 Å². The third-order valence-corrected chi connectivity index (χ3v) is 6.28. The van der Waals surface area contributed by atoms with Crippen LogP contribution < -0.4 is 5.32 Å². The monoisotopic (exact) mass is 392 g/mol. The van der Waals surface area contributed by atoms with Gasteiger partial charge in [-0.3, -0.25) is 4.79 Å². The Morgan fingerprint density at radius 1 is 1.21 bits per heavy atom. The Morgan fingerprint density at radius 3 is 2.42 bits per heavy atom. The number of benzene rings is 1. The lowest BCUT2D eigenvalue weighted by Gasteiger charge is -2.35. The highest BCUT2D eigenvalue weighted by Gasteiger charge is 2.43. The molecular formula is C20H29BrN2O. The van der Waals surface area contributed by atoms with Gasteiger partial charge in [0, 0.05) is 23.6 Å². The molecule has 0 unspecified atom stereocenters. The number of rotatable bonds is 5. The average molecular weight is 393 g/mol. The van der Waals surface area contributed by atoms with Crippen molar-refractivity contribution in [1.29, 1.82) is 0 Å². The third-order valence-electron chi connectivity index (χ3n) is 5.75. The van der Waals surface area contributed by atoms with Crippen molar-refractivity contribution in [1.82, 2.24) is 10.2 Å². The van der Waals surface area contributed by atoms with Crippen LogP contribution in [0.25, 0.3) is 0 Å². The van der Waals surface area contributed by atoms with Crippen molar-refractivity contribution >= 4 is 21.8 Å². The van der Waals surface area contributed by atoms with Crippen LogP contribution in [0, 0.1) is 0 Å². The van der Waals surface area contributed by atoms with Gasteiger partial charge in [-0.1, -0.05) is 47.8 Å². The summed E-state index contributed by atoms with van der Waals surface area (Å²) >= 11 is 3.50. The van der Waals surface area contributed by atoms with E-state index >= 15 is 0 Å². The Bertz CT molecular complexity index is 543. The van der Waals surface area contributed by atoms with Crippen LogP contribution in [0.1, 0.15) is 57.4 Å². The quantitative estimate of drug-likeness (QED) is 0.811. The minimum Gasteiger partial charge on any atom is -0.353 e. The summed E-state index contributed by atoms with van der Waals surface area (Å²) in [5.74, 6) is 0.260. The van der Waals surface area contributed by atoms with E-state index in [2.05, 4.69) is 57.3 Å². The summed E-state index contributed by atoms with van der Waals surface area (Å²) in [6.45, 7) is 5.65. The molecule has 1 saturated heterocycles. The first kappa shape index (κ1) is 17.9. The van der Waals surface area contributed by atoms with Gasteiger partial charge in [0.05, 0.1) is 5.41 Å². The van der Waals surface area contributed by atoms with Gasteiger partial charge in [-0.25, -0.2) is 0 Å². The molecule has 2 fully saturated rings. The normalized spacial score (nSPS) is 21.8. The molecule has 2 aliphatic rings. The fourth-order valence-electron chi connectivity index (χ4n) is 4.33. The van der Waals surface area contributed by atoms with E-state index in [0.717, 1.165) is 56.1 Å². The lowest BCUT2D eigenvalue weighted by Crippen LogP contribution is -2.50. The van der Waals surface area contributed by atoms with E-state index in [0.29, 0.717) is 6.04 Å². The maximum absolute atomic E-state index is 13.2. The fourth-order valence-corrected chi connectivity index (χ4v) is 4.60. The number of carbonyl (C=O) groups excluding carboxylic acids is 1. The van der Waals surface area contributed by atoms with Gasteiger partial charge in [-0.05, 0) is 56.3 Å². The van der Waals surface area contributed by atoms with E-state index in [1.165, 1.54) is 18.5 Å². The number of hydrogen-bond acceptors (Lipinski definition) is 2. The number of nitrogens with zero attached hydrogens (tertiary/aromatic N) is 1. The molecule has 0 radical (unpaired) electrons. The van der Waals surface area contributed by atoms with E-state index in [1.807, 2.05) is 0 Å². The summed E-state index contributed by atoms with van der Waals surface area (Å²) in [6, 6.07) is 8.72. The summed E-state index contributed by atoms with van der Waals surface area (Å²) in [5.41, 5.74) is 0.880. The van der Waals surface area contributed by atoms with Gasteiger partial charge in [0.25, 0.3) is 0 Å². The lowest BCUT2D eigenvalue weighted by molar-refractivity contribution is -0.127. The second kappa shape index (κ2) is 8.01. The van der Waals surface area contributed by atoms with Gasteiger partial charge in [0.2, 0.25) is 5.91 Å². The Hall–Kier alpha value is -0.870. The molecule has 0 atom stereocenters. The van der Waals surface area contributed by atoms with Crippen molar-refractivity contribution in [2.45, 2.75) is 63.3 Å². The molecule has 1 amide bonds. The molecule has 0 spiro atoms. The average Bonchev–Trinajstić information content (AvgIpc) is 3.08. The van der Waals surface area contributed by atoms with Crippen LogP contribution in [0.3, 0.4) is 0 Å². The third kappa shape index (κ3) is 3.85. The minimum atomic E-state index is -0.304. The van der Waals surface area contributed by atoms with Crippen LogP contribution in [0.15, 0.2) is 28.7 Å². The number of amides is 1. The first-order chi connectivity index (χ1) is 11.6. The highest BCUT2D eigenvalue weighted by atomic mass is 79.9. The predicted octanol–water partition coefficient (Wildman–Crippen LogP) is 4.25. The van der Waals surface area contributed by atoms with Crippen molar-refractivity contribution in [3.8, 4) is 0 Å². The maximum atomic E-state index is 13.2. The topological polar surface area (TPSA) is 32.3 Å². The first-order valence-corrected chi connectivity index (χ1v) is 10.2. The van der Waals surface area contributed by atoms with Gasteiger partial charge in [-0.15, -0.1) is 0 Å². The van der Waals surface area contributed by atoms with Crippen molar-refractivity contribution in [3.05, 3.63) is 34.3 Å². The Labute approximate surface area is 154 Å². The fraction of sp³-hybridized carbons (Fsp3) is 0.650. The van der Waals surface area contributed by atoms with Gasteiger partial charge in [0.1, 0.15) is 0 Å². The molecule has 3 nitrogen and oxygen atoms in total. The lowest BCUT2D eigenvalue weighted by atomic mass is 9.77. The summed E-state index contributed by atoms with van der Waals surface area (Å²) < 4.78 is 1.07. The zero-order valence-electron chi connectivity index (χ0n) is 14.7. The van der Waals surface area contributed by atoms with Crippen molar-refractivity contribution in [2.24, 2.45) is 0 Å². The standard InChI is InChI=1S/C20H29BrN2O/c1-2-13-23-14-9-18(10-15-23)22-19(24)20(11-3-4-12-20)16-5-7-17(21)8-6-16/h5-8,18H,2-4,9-15H2,1H3,(H,22,24). The van der Waals surface area contributed by atoms with Crippen LogP contribution in [0.5, 0.6) is 0 Å². The van der Waals surface area contributed by atoms with Crippen LogP contribution in [-0.2, 0) is 10.2 Å². The van der Waals surface area contributed by atoms with Crippen molar-refractivity contribution in [3.63, 3.8) is 0 Å². The van der Waals surface area contributed by atoms with E-state index in [-0.39, 0.29) is 11.3 Å². The molecule has 0 bridgehead atoms. The number of nitrogens with one attached hydrogen (secondary N) is 1. The Morgan fingerprint density at radius 2 is 1.83 bits per heavy atom. The number of halogens is 1. The first-order valence-electron chi connectivity index (χ1n) is 9.43. The number of piperidine rings is 1. The van der Waals surface area contributed by atoms with Gasteiger partial charge in [0.15, 0.2) is 0 Å². The second-order valence-electron chi connectivity index (χ2n) is 7.39. The molecule has 1 aliphatic heterocycles. The van der Waals surface area contributed by atoms with Crippen molar-refractivity contribution in [2.75, 3.05) is 19.6 Å². The molecule has 1 saturated carbocycles. The molecule has 0 aromatic heterocycles. The van der Waals surface area contributed by atoms with Gasteiger partial charge < -0.3 is 10.2 Å². The number of likely N-dealkylation sites (tertiary alicyclic amines) is 1. The largest absolute Gasteiger partial charge is 0.353 e. The van der Waals surface area contributed by atoms with E-state index in [4.69, 9.17) is 0 Å². The molecular weight excluding hydrogens is 364 g/mol. The highest BCUT2D eigenvalue weighted by molar-refractivity contribution is 9.10. The van der Waals surface area contributed by atoms with E-state index in [9.17, 15) is 4.79 Å². The van der Waals surface area contributed by atoms with E-state index < -0.39 is 0 Å². The molecule has 1 aliphatic carbocycles. The van der Waals surface area contributed by atoms with Crippen molar-refractivity contribution < 1.29 is 4.79 Å². The molecule has 4 heteroatoms. The van der Waals surface area contributed by atoms with Crippen LogP contribution in [-0.4, -0.2) is 36.5 Å². The second-order valence-corrected chi connectivity index (χ2v) is 8.30. The predicted molar refractivity (Wildman–Crippen MR) is 102 cm³/mol. The number of hydrogen-bond donors (Lipinski definition) is 1.